The maximum absolute atomic E-state index is 13.9. The Labute approximate surface area is 241 Å². The fourth-order valence-electron chi connectivity index (χ4n) is 9.65. The number of amides is 1. The molecule has 1 amide bonds. The van der Waals surface area contributed by atoms with Crippen LogP contribution in [-0.2, 0) is 16.6 Å². The van der Waals surface area contributed by atoms with E-state index in [1.54, 1.807) is 13.2 Å². The number of methoxy groups -OCH3 is 1. The molecule has 3 aliphatic carbocycles. The van der Waals surface area contributed by atoms with Gasteiger partial charge in [-0.05, 0) is 64.3 Å². The van der Waals surface area contributed by atoms with Crippen LogP contribution in [0, 0.1) is 11.8 Å². The molecule has 6 heteroatoms. The smallest absolute Gasteiger partial charge is 0.223 e. The molecule has 1 N–H and O–H groups in total. The molecule has 0 aromatic heterocycles. The third-order valence-electron chi connectivity index (χ3n) is 11.3. The van der Waals surface area contributed by atoms with Crippen LogP contribution in [-0.4, -0.2) is 65.2 Å². The first-order valence-electron chi connectivity index (χ1n) is 16.2. The summed E-state index contributed by atoms with van der Waals surface area (Å²) in [6, 6.07) is 2.23. The number of aromatic hydroxyl groups is 1. The summed E-state index contributed by atoms with van der Waals surface area (Å²) < 4.78 is 12.8. The van der Waals surface area contributed by atoms with E-state index in [4.69, 9.17) is 9.47 Å². The van der Waals surface area contributed by atoms with Gasteiger partial charge in [-0.2, -0.15) is 0 Å². The van der Waals surface area contributed by atoms with Crippen LogP contribution in [0.2, 0.25) is 0 Å². The summed E-state index contributed by atoms with van der Waals surface area (Å²) in [6.45, 7) is 10.2. The van der Waals surface area contributed by atoms with Gasteiger partial charge in [0.25, 0.3) is 0 Å². The topological polar surface area (TPSA) is 62.2 Å². The van der Waals surface area contributed by atoms with Crippen molar-refractivity contribution in [1.29, 1.82) is 0 Å². The fraction of sp³-hybridized carbons (Fsp3) is 0.735. The molecule has 0 unspecified atom stereocenters. The summed E-state index contributed by atoms with van der Waals surface area (Å²) >= 11 is 0. The van der Waals surface area contributed by atoms with Gasteiger partial charge in [-0.1, -0.05) is 51.0 Å². The lowest BCUT2D eigenvalue weighted by Gasteiger charge is -2.60. The average molecular weight is 551 g/mol. The minimum Gasteiger partial charge on any atom is -0.508 e. The van der Waals surface area contributed by atoms with Crippen molar-refractivity contribution >= 4 is 5.91 Å². The van der Waals surface area contributed by atoms with E-state index in [-0.39, 0.29) is 29.5 Å². The number of benzene rings is 1. The molecule has 6 rings (SSSR count). The summed E-state index contributed by atoms with van der Waals surface area (Å²) in [4.78, 5) is 18.7. The van der Waals surface area contributed by atoms with Crippen molar-refractivity contribution in [3.8, 4) is 17.2 Å². The number of hydrogen-bond acceptors (Lipinski definition) is 5. The number of likely N-dealkylation sites (tertiary alicyclic amines) is 1. The fourth-order valence-corrected chi connectivity index (χ4v) is 9.65. The number of carbonyl (C=O) groups excluding carboxylic acids is 1. The number of phenols is 1. The Morgan fingerprint density at radius 3 is 2.77 bits per heavy atom. The second-order valence-electron chi connectivity index (χ2n) is 13.6. The van der Waals surface area contributed by atoms with Crippen LogP contribution in [0.1, 0.15) is 102 Å². The minimum atomic E-state index is -0.200. The molecule has 220 valence electrons. The highest BCUT2D eigenvalue weighted by Crippen LogP contribution is 2.65. The molecule has 1 aromatic rings. The standard InChI is InChI=1S/C34H50N2O4/c1-5-18-35-19-17-34-25-15-16-26(36(22(2)3)30(38)14-10-9-13-23-11-7-6-8-12-23)33(34)40-32-29(39-4)21-28(37)24(31(32)34)20-27(25)35/h5,21-23,25-27,33,37H,1,6-20H2,2-4H3/t25-,26+,27+,33-,34-/m0/s1. The van der Waals surface area contributed by atoms with Gasteiger partial charge < -0.3 is 19.5 Å². The van der Waals surface area contributed by atoms with Crippen molar-refractivity contribution in [2.24, 2.45) is 11.8 Å². The molecule has 5 aliphatic rings. The lowest BCUT2D eigenvalue weighted by Crippen LogP contribution is -2.69. The molecular formula is C34H50N2O4. The molecule has 2 bridgehead atoms. The summed E-state index contributed by atoms with van der Waals surface area (Å²) in [5, 5.41) is 11.2. The first-order chi connectivity index (χ1) is 19.4. The molecule has 2 saturated carbocycles. The Morgan fingerprint density at radius 1 is 1.25 bits per heavy atom. The Hall–Kier alpha value is -2.21. The molecule has 2 heterocycles. The minimum absolute atomic E-state index is 0.0268. The van der Waals surface area contributed by atoms with Crippen molar-refractivity contribution in [3.63, 3.8) is 0 Å². The predicted molar refractivity (Wildman–Crippen MR) is 158 cm³/mol. The van der Waals surface area contributed by atoms with E-state index in [9.17, 15) is 9.90 Å². The van der Waals surface area contributed by atoms with Crippen LogP contribution < -0.4 is 9.47 Å². The number of phenolic OH excluding ortho intramolecular Hbond substituents is 1. The normalized spacial score (nSPS) is 31.0. The van der Waals surface area contributed by atoms with E-state index in [1.807, 2.05) is 6.08 Å². The Bertz CT molecular complexity index is 1110. The molecule has 1 saturated heterocycles. The molecule has 1 aromatic carbocycles. The van der Waals surface area contributed by atoms with Gasteiger partial charge in [0.15, 0.2) is 11.5 Å². The zero-order valence-electron chi connectivity index (χ0n) is 25.0. The highest BCUT2D eigenvalue weighted by atomic mass is 16.5. The van der Waals surface area contributed by atoms with Crippen LogP contribution in [0.3, 0.4) is 0 Å². The lowest BCUT2D eigenvalue weighted by atomic mass is 9.50. The number of unbranched alkanes of at least 4 members (excludes halogenated alkanes) is 1. The van der Waals surface area contributed by atoms with E-state index in [0.29, 0.717) is 29.9 Å². The predicted octanol–water partition coefficient (Wildman–Crippen LogP) is 6.37. The van der Waals surface area contributed by atoms with Crippen molar-refractivity contribution in [3.05, 3.63) is 29.8 Å². The van der Waals surface area contributed by atoms with Gasteiger partial charge in [-0.15, -0.1) is 6.58 Å². The van der Waals surface area contributed by atoms with Gasteiger partial charge in [-0.25, -0.2) is 0 Å². The third-order valence-corrected chi connectivity index (χ3v) is 11.3. The maximum atomic E-state index is 13.9. The van der Waals surface area contributed by atoms with Gasteiger partial charge in [0.1, 0.15) is 11.9 Å². The van der Waals surface area contributed by atoms with Crippen LogP contribution in [0.25, 0.3) is 0 Å². The highest BCUT2D eigenvalue weighted by molar-refractivity contribution is 5.77. The lowest BCUT2D eigenvalue weighted by molar-refractivity contribution is -0.145. The Kier molecular flexibility index (Phi) is 7.84. The zero-order valence-corrected chi connectivity index (χ0v) is 25.0. The molecule has 2 aliphatic heterocycles. The van der Waals surface area contributed by atoms with Gasteiger partial charge in [0, 0.05) is 47.7 Å². The second kappa shape index (κ2) is 11.2. The molecule has 40 heavy (non-hydrogen) atoms. The first kappa shape index (κ1) is 27.9. The van der Waals surface area contributed by atoms with Gasteiger partial charge in [0.05, 0.1) is 13.2 Å². The summed E-state index contributed by atoms with van der Waals surface area (Å²) in [6.07, 6.45) is 16.7. The van der Waals surface area contributed by atoms with Crippen molar-refractivity contribution in [1.82, 2.24) is 9.80 Å². The van der Waals surface area contributed by atoms with Crippen molar-refractivity contribution < 1.29 is 19.4 Å². The third kappa shape index (κ3) is 4.44. The van der Waals surface area contributed by atoms with E-state index in [1.165, 1.54) is 44.1 Å². The van der Waals surface area contributed by atoms with Crippen LogP contribution in [0.4, 0.5) is 0 Å². The molecule has 1 spiro atoms. The average Bonchev–Trinajstić information content (AvgIpc) is 3.29. The molecule has 0 radical (unpaired) electrons. The van der Waals surface area contributed by atoms with E-state index in [0.717, 1.165) is 68.8 Å². The number of piperidine rings is 1. The molecule has 3 fully saturated rings. The van der Waals surface area contributed by atoms with Crippen LogP contribution in [0.5, 0.6) is 17.2 Å². The van der Waals surface area contributed by atoms with E-state index >= 15 is 0 Å². The Balaban J connectivity index is 1.28. The summed E-state index contributed by atoms with van der Waals surface area (Å²) in [7, 11) is 1.66. The monoisotopic (exact) mass is 550 g/mol. The van der Waals surface area contributed by atoms with Crippen molar-refractivity contribution in [2.45, 2.75) is 127 Å². The van der Waals surface area contributed by atoms with E-state index in [2.05, 4.69) is 30.2 Å². The second-order valence-corrected chi connectivity index (χ2v) is 13.6. The number of rotatable bonds is 10. The zero-order chi connectivity index (χ0) is 28.0. The van der Waals surface area contributed by atoms with Gasteiger partial charge >= 0.3 is 0 Å². The van der Waals surface area contributed by atoms with Crippen LogP contribution >= 0.6 is 0 Å². The maximum Gasteiger partial charge on any atom is 0.223 e. The first-order valence-corrected chi connectivity index (χ1v) is 16.2. The van der Waals surface area contributed by atoms with Crippen molar-refractivity contribution in [2.75, 3.05) is 20.2 Å². The molecule has 6 nitrogen and oxygen atoms in total. The Morgan fingerprint density at radius 2 is 2.05 bits per heavy atom. The quantitative estimate of drug-likeness (QED) is 0.271. The number of nitrogens with zero attached hydrogens (tertiary/aromatic N) is 2. The largest absolute Gasteiger partial charge is 0.508 e. The summed E-state index contributed by atoms with van der Waals surface area (Å²) in [5.74, 6) is 3.34. The van der Waals surface area contributed by atoms with E-state index < -0.39 is 0 Å². The highest BCUT2D eigenvalue weighted by Gasteiger charge is 2.67. The van der Waals surface area contributed by atoms with Gasteiger partial charge in [-0.3, -0.25) is 9.69 Å². The van der Waals surface area contributed by atoms with Gasteiger partial charge in [0.2, 0.25) is 5.91 Å². The molecule has 5 atom stereocenters. The number of hydrogen-bond donors (Lipinski definition) is 1. The summed E-state index contributed by atoms with van der Waals surface area (Å²) in [5.41, 5.74) is 2.01. The number of carbonyl (C=O) groups is 1. The van der Waals surface area contributed by atoms with Crippen LogP contribution in [0.15, 0.2) is 18.7 Å². The SMILES string of the molecule is C=CCN1CC[C@]23c4c5c(O)cc(OC)c4O[C@H]2[C@H](N(C(=O)CCCCC2CCCCC2)C(C)C)CC[C@H]3[C@H]1C5. The molecular weight excluding hydrogens is 500 g/mol. The number of ether oxygens (including phenoxy) is 2.